The fraction of sp³-hybridized carbons (Fsp3) is 0.667. The number of piperidine rings is 1. The molecule has 0 bridgehead atoms. The van der Waals surface area contributed by atoms with E-state index in [1.165, 1.54) is 16.7 Å². The minimum Gasteiger partial charge on any atom is -0.480 e. The number of rotatable bonds is 5. The number of aromatic nitrogens is 2. The number of aliphatic imine (C=N–C) groups is 1. The number of thioether (sulfide) groups is 1. The number of nitrogens with zero attached hydrogens (tertiary/aromatic N) is 5. The van der Waals surface area contributed by atoms with E-state index >= 15 is 0 Å². The topological polar surface area (TPSA) is 117 Å². The number of imidazole rings is 1. The van der Waals surface area contributed by atoms with Crippen molar-refractivity contribution in [2.24, 2.45) is 10.9 Å². The smallest absolute Gasteiger partial charge is 0.327 e. The van der Waals surface area contributed by atoms with Crippen molar-refractivity contribution in [1.29, 1.82) is 0 Å². The van der Waals surface area contributed by atoms with Gasteiger partial charge in [0.25, 0.3) is 5.91 Å². The summed E-state index contributed by atoms with van der Waals surface area (Å²) in [5.74, 6) is -0.0354. The van der Waals surface area contributed by atoms with Gasteiger partial charge in [0.05, 0.1) is 6.34 Å². The Bertz CT molecular complexity index is 807. The number of nitrogen functional groups attached to an aromatic ring is 1. The van der Waals surface area contributed by atoms with Crippen LogP contribution in [0.5, 0.6) is 0 Å². The van der Waals surface area contributed by atoms with Gasteiger partial charge in [-0.1, -0.05) is 0 Å². The average Bonchev–Trinajstić information content (AvgIpc) is 3.15. The highest BCUT2D eigenvalue weighted by atomic mass is 35.5. The van der Waals surface area contributed by atoms with Crippen LogP contribution in [-0.2, 0) is 16.1 Å². The molecule has 160 valence electrons. The molecule has 0 spiro atoms. The number of carbonyl (C=O) groups is 2. The second kappa shape index (κ2) is 8.06. The number of hydrogen-bond acceptors (Lipinski definition) is 6. The van der Waals surface area contributed by atoms with Crippen molar-refractivity contribution in [3.63, 3.8) is 0 Å². The first kappa shape index (κ1) is 21.8. The molecule has 0 unspecified atom stereocenters. The second-order valence-corrected chi connectivity index (χ2v) is 10.00. The van der Waals surface area contributed by atoms with Gasteiger partial charge in [-0.2, -0.15) is 0 Å². The number of aliphatic carboxylic acids is 1. The first-order chi connectivity index (χ1) is 13.3. The number of likely N-dealkylation sites (tertiary alicyclic amines) is 1. The van der Waals surface area contributed by atoms with Crippen molar-refractivity contribution >= 4 is 48.3 Å². The standard InChI is InChI=1S/C18H26N6O3S.ClH/c1-18(2)13(16(26)27)24-14(25)12(15(24)28-18)21-10-22-6-3-11(4-7-22)9-23-8-5-20-17(23)19;/h5,8,10-13,15H,3-4,6-7,9H2,1-2H3,(H2,19,20)(H,26,27);1H/t12-,13+,15-;/m1./s1. The molecule has 0 aliphatic carbocycles. The molecule has 3 saturated heterocycles. The van der Waals surface area contributed by atoms with Crippen molar-refractivity contribution < 1.29 is 14.7 Å². The van der Waals surface area contributed by atoms with E-state index in [-0.39, 0.29) is 23.7 Å². The van der Waals surface area contributed by atoms with Gasteiger partial charge in [0.2, 0.25) is 0 Å². The molecule has 4 rings (SSSR count). The summed E-state index contributed by atoms with van der Waals surface area (Å²) in [5.41, 5.74) is 5.84. The monoisotopic (exact) mass is 442 g/mol. The fourth-order valence-electron chi connectivity index (χ4n) is 4.32. The third-order valence-corrected chi connectivity index (χ3v) is 7.45. The van der Waals surface area contributed by atoms with Crippen molar-refractivity contribution in [1.82, 2.24) is 19.4 Å². The summed E-state index contributed by atoms with van der Waals surface area (Å²) in [7, 11) is 0. The lowest BCUT2D eigenvalue weighted by molar-refractivity contribution is -0.158. The van der Waals surface area contributed by atoms with Crippen LogP contribution in [0, 0.1) is 5.92 Å². The highest BCUT2D eigenvalue weighted by molar-refractivity contribution is 8.01. The van der Waals surface area contributed by atoms with Crippen LogP contribution in [0.1, 0.15) is 26.7 Å². The highest BCUT2D eigenvalue weighted by Gasteiger charge is 2.63. The Kier molecular flexibility index (Phi) is 6.05. The molecule has 3 aliphatic rings. The van der Waals surface area contributed by atoms with Gasteiger partial charge in [0.15, 0.2) is 12.0 Å². The largest absolute Gasteiger partial charge is 0.480 e. The van der Waals surface area contributed by atoms with Crippen LogP contribution in [0.4, 0.5) is 5.95 Å². The van der Waals surface area contributed by atoms with Crippen LogP contribution in [-0.4, -0.2) is 78.0 Å². The van der Waals surface area contributed by atoms with Crippen molar-refractivity contribution in [3.05, 3.63) is 12.4 Å². The lowest BCUT2D eigenvalue weighted by Gasteiger charge is -2.41. The number of carbonyl (C=O) groups excluding carboxylic acids is 1. The molecule has 3 N–H and O–H groups in total. The lowest BCUT2D eigenvalue weighted by Crippen LogP contribution is -2.65. The van der Waals surface area contributed by atoms with E-state index in [0.717, 1.165) is 32.5 Å². The molecule has 29 heavy (non-hydrogen) atoms. The van der Waals surface area contributed by atoms with Gasteiger partial charge in [-0.25, -0.2) is 9.78 Å². The highest BCUT2D eigenvalue weighted by Crippen LogP contribution is 2.51. The number of carboxylic acids is 1. The maximum Gasteiger partial charge on any atom is 0.327 e. The SMILES string of the molecule is CC1(C)S[C@@H]2[C@H](N=CN3CCC(Cn4ccnc4N)CC3)C(=O)N2[C@H]1C(=O)O.Cl. The van der Waals surface area contributed by atoms with Gasteiger partial charge in [0, 0.05) is 36.8 Å². The van der Waals surface area contributed by atoms with Crippen LogP contribution in [0.15, 0.2) is 17.4 Å². The normalized spacial score (nSPS) is 28.9. The Morgan fingerprint density at radius 3 is 2.72 bits per heavy atom. The lowest BCUT2D eigenvalue weighted by atomic mass is 9.96. The number of fused-ring (bicyclic) bond motifs is 1. The molecule has 1 aromatic heterocycles. The molecule has 0 radical (unpaired) electrons. The molecule has 3 atom stereocenters. The summed E-state index contributed by atoms with van der Waals surface area (Å²) in [4.78, 5) is 36.2. The van der Waals surface area contributed by atoms with Gasteiger partial charge in [0.1, 0.15) is 11.4 Å². The summed E-state index contributed by atoms with van der Waals surface area (Å²) in [6.45, 7) is 6.39. The molecular formula is C18H27ClN6O3S. The molecular weight excluding hydrogens is 416 g/mol. The molecule has 11 heteroatoms. The Hall–Kier alpha value is -1.94. The van der Waals surface area contributed by atoms with E-state index in [9.17, 15) is 14.7 Å². The predicted molar refractivity (Wildman–Crippen MR) is 114 cm³/mol. The van der Waals surface area contributed by atoms with Crippen LogP contribution in [0.25, 0.3) is 0 Å². The van der Waals surface area contributed by atoms with Crippen molar-refractivity contribution in [3.8, 4) is 0 Å². The number of halogens is 1. The third-order valence-electron chi connectivity index (χ3n) is 5.89. The van der Waals surface area contributed by atoms with Gasteiger partial charge >= 0.3 is 5.97 Å². The minimum atomic E-state index is -0.948. The summed E-state index contributed by atoms with van der Waals surface area (Å²) in [6, 6.07) is -1.26. The Morgan fingerprint density at radius 2 is 2.14 bits per heavy atom. The number of amides is 1. The summed E-state index contributed by atoms with van der Waals surface area (Å²) in [6.07, 6.45) is 7.46. The van der Waals surface area contributed by atoms with E-state index in [2.05, 4.69) is 14.9 Å². The van der Waals surface area contributed by atoms with Gasteiger partial charge in [-0.3, -0.25) is 9.79 Å². The zero-order valence-corrected chi connectivity index (χ0v) is 18.1. The summed E-state index contributed by atoms with van der Waals surface area (Å²) in [5, 5.41) is 9.30. The molecule has 4 heterocycles. The first-order valence-electron chi connectivity index (χ1n) is 9.54. The molecule has 3 aliphatic heterocycles. The zero-order chi connectivity index (χ0) is 20.1. The minimum absolute atomic E-state index is 0. The molecule has 1 aromatic rings. The zero-order valence-electron chi connectivity index (χ0n) is 16.5. The second-order valence-electron chi connectivity index (χ2n) is 8.22. The van der Waals surface area contributed by atoms with Crippen molar-refractivity contribution in [2.45, 2.75) is 55.4 Å². The van der Waals surface area contributed by atoms with E-state index in [1.807, 2.05) is 24.6 Å². The number of anilines is 1. The average molecular weight is 443 g/mol. The molecule has 1 amide bonds. The van der Waals surface area contributed by atoms with Crippen LogP contribution < -0.4 is 5.73 Å². The van der Waals surface area contributed by atoms with Gasteiger partial charge < -0.3 is 25.2 Å². The van der Waals surface area contributed by atoms with E-state index < -0.39 is 22.8 Å². The van der Waals surface area contributed by atoms with E-state index in [1.54, 1.807) is 12.5 Å². The number of β-lactam (4-membered cyclic amide) rings is 1. The maximum absolute atomic E-state index is 12.5. The number of nitrogens with two attached hydrogens (primary N) is 1. The van der Waals surface area contributed by atoms with Crippen LogP contribution in [0.2, 0.25) is 0 Å². The van der Waals surface area contributed by atoms with Gasteiger partial charge in [-0.05, 0) is 32.6 Å². The van der Waals surface area contributed by atoms with Crippen LogP contribution >= 0.6 is 24.2 Å². The predicted octanol–water partition coefficient (Wildman–Crippen LogP) is 1.14. The van der Waals surface area contributed by atoms with E-state index in [0.29, 0.717) is 11.9 Å². The molecule has 0 saturated carbocycles. The third kappa shape index (κ3) is 3.92. The summed E-state index contributed by atoms with van der Waals surface area (Å²) >= 11 is 1.53. The Labute approximate surface area is 180 Å². The molecule has 3 fully saturated rings. The quantitative estimate of drug-likeness (QED) is 0.399. The Balaban J connectivity index is 0.00000240. The molecule has 0 aromatic carbocycles. The fourth-order valence-corrected chi connectivity index (χ4v) is 5.94. The summed E-state index contributed by atoms with van der Waals surface area (Å²) < 4.78 is 1.47. The maximum atomic E-state index is 12.5. The van der Waals surface area contributed by atoms with Gasteiger partial charge in [-0.15, -0.1) is 24.2 Å². The first-order valence-corrected chi connectivity index (χ1v) is 10.4. The van der Waals surface area contributed by atoms with Crippen molar-refractivity contribution in [2.75, 3.05) is 18.8 Å². The Morgan fingerprint density at radius 1 is 1.45 bits per heavy atom. The van der Waals surface area contributed by atoms with Crippen LogP contribution in [0.3, 0.4) is 0 Å². The number of hydrogen-bond donors (Lipinski definition) is 2. The number of carboxylic acid groups (broad SMARTS) is 1. The molecule has 9 nitrogen and oxygen atoms in total. The van der Waals surface area contributed by atoms with E-state index in [4.69, 9.17) is 5.73 Å².